The standard InChI is InChI=1S/C18H12ClF5N6O3/c1-30-17(27-28-29-30)26-15(31)8-5-6-12(33-18(22,23)24)9(14(8)19)7-25-16(32)13-10(20)3-2-4-11(13)21/h2-6H,7H2,1H3,(H,25,32)(H,26,27,29,31). The van der Waals surface area contributed by atoms with E-state index in [-0.39, 0.29) is 11.5 Å². The molecule has 3 rings (SSSR count). The number of tetrazole rings is 1. The van der Waals surface area contributed by atoms with Gasteiger partial charge in [0.2, 0.25) is 5.95 Å². The molecule has 15 heteroatoms. The number of alkyl halides is 3. The number of hydrogen-bond donors (Lipinski definition) is 2. The van der Waals surface area contributed by atoms with Crippen LogP contribution in [0.5, 0.6) is 5.75 Å². The van der Waals surface area contributed by atoms with Crippen LogP contribution in [0.2, 0.25) is 5.02 Å². The van der Waals surface area contributed by atoms with Crippen LogP contribution in [0.25, 0.3) is 0 Å². The fraction of sp³-hybridized carbons (Fsp3) is 0.167. The second-order valence-electron chi connectivity index (χ2n) is 6.31. The van der Waals surface area contributed by atoms with Gasteiger partial charge in [0.05, 0.1) is 10.6 Å². The zero-order valence-electron chi connectivity index (χ0n) is 16.4. The number of anilines is 1. The third kappa shape index (κ3) is 5.52. The van der Waals surface area contributed by atoms with Gasteiger partial charge in [0, 0.05) is 19.2 Å². The van der Waals surface area contributed by atoms with Gasteiger partial charge in [0.1, 0.15) is 22.9 Å². The minimum absolute atomic E-state index is 0.0865. The SMILES string of the molecule is Cn1nnnc1NC(=O)c1ccc(OC(F)(F)F)c(CNC(=O)c2c(F)cccc2F)c1Cl. The molecule has 174 valence electrons. The van der Waals surface area contributed by atoms with E-state index in [2.05, 4.69) is 30.9 Å². The Morgan fingerprint density at radius 2 is 1.79 bits per heavy atom. The summed E-state index contributed by atoms with van der Waals surface area (Å²) in [4.78, 5) is 24.8. The maximum Gasteiger partial charge on any atom is 0.573 e. The molecular weight excluding hydrogens is 479 g/mol. The van der Waals surface area contributed by atoms with Crippen molar-refractivity contribution >= 4 is 29.4 Å². The quantitative estimate of drug-likeness (QED) is 0.513. The van der Waals surface area contributed by atoms with Crippen LogP contribution in [0.1, 0.15) is 26.3 Å². The van der Waals surface area contributed by atoms with Gasteiger partial charge in [-0.3, -0.25) is 14.9 Å². The highest BCUT2D eigenvalue weighted by Crippen LogP contribution is 2.34. The Hall–Kier alpha value is -3.81. The monoisotopic (exact) mass is 490 g/mol. The number of nitrogens with zero attached hydrogens (tertiary/aromatic N) is 4. The molecule has 0 fully saturated rings. The number of benzene rings is 2. The van der Waals surface area contributed by atoms with Crippen molar-refractivity contribution in [1.82, 2.24) is 25.5 Å². The molecule has 0 atom stereocenters. The fourth-order valence-electron chi connectivity index (χ4n) is 2.64. The summed E-state index contributed by atoms with van der Waals surface area (Å²) in [5.41, 5.74) is -1.73. The average Bonchev–Trinajstić information content (AvgIpc) is 3.10. The van der Waals surface area contributed by atoms with Crippen LogP contribution >= 0.6 is 11.6 Å². The lowest BCUT2D eigenvalue weighted by molar-refractivity contribution is -0.274. The number of rotatable bonds is 6. The number of aromatic nitrogens is 4. The van der Waals surface area contributed by atoms with Gasteiger partial charge < -0.3 is 10.1 Å². The van der Waals surface area contributed by atoms with Gasteiger partial charge in [0.15, 0.2) is 0 Å². The zero-order chi connectivity index (χ0) is 24.3. The lowest BCUT2D eigenvalue weighted by Gasteiger charge is -2.17. The number of halogens is 6. The van der Waals surface area contributed by atoms with E-state index >= 15 is 0 Å². The zero-order valence-corrected chi connectivity index (χ0v) is 17.1. The highest BCUT2D eigenvalue weighted by Gasteiger charge is 2.33. The number of ether oxygens (including phenoxy) is 1. The van der Waals surface area contributed by atoms with Crippen LogP contribution < -0.4 is 15.4 Å². The maximum absolute atomic E-state index is 13.8. The van der Waals surface area contributed by atoms with Gasteiger partial charge in [-0.1, -0.05) is 22.8 Å². The summed E-state index contributed by atoms with van der Waals surface area (Å²) >= 11 is 6.14. The highest BCUT2D eigenvalue weighted by molar-refractivity contribution is 6.35. The van der Waals surface area contributed by atoms with E-state index in [1.807, 2.05) is 0 Å². The summed E-state index contributed by atoms with van der Waals surface area (Å²) in [6.45, 7) is -0.760. The van der Waals surface area contributed by atoms with Gasteiger partial charge in [-0.25, -0.2) is 13.5 Å². The van der Waals surface area contributed by atoms with Crippen molar-refractivity contribution in [2.24, 2.45) is 7.05 Å². The number of aryl methyl sites for hydroxylation is 1. The topological polar surface area (TPSA) is 111 Å². The molecule has 2 N–H and O–H groups in total. The largest absolute Gasteiger partial charge is 0.573 e. The van der Waals surface area contributed by atoms with Gasteiger partial charge >= 0.3 is 6.36 Å². The second-order valence-corrected chi connectivity index (χ2v) is 6.69. The lowest BCUT2D eigenvalue weighted by Crippen LogP contribution is -2.27. The minimum Gasteiger partial charge on any atom is -0.405 e. The molecule has 0 radical (unpaired) electrons. The Kier molecular flexibility index (Phi) is 6.76. The summed E-state index contributed by atoms with van der Waals surface area (Å²) in [5.74, 6) is -5.44. The molecule has 0 aliphatic carbocycles. The highest BCUT2D eigenvalue weighted by atomic mass is 35.5. The van der Waals surface area contributed by atoms with Crippen molar-refractivity contribution in [3.05, 3.63) is 63.7 Å². The first-order valence-electron chi connectivity index (χ1n) is 8.81. The first-order chi connectivity index (χ1) is 15.5. The predicted molar refractivity (Wildman–Crippen MR) is 102 cm³/mol. The van der Waals surface area contributed by atoms with E-state index in [0.717, 1.165) is 35.0 Å². The van der Waals surface area contributed by atoms with Crippen molar-refractivity contribution < 1.29 is 36.3 Å². The Bertz CT molecular complexity index is 1200. The Morgan fingerprint density at radius 1 is 1.12 bits per heavy atom. The molecule has 0 unspecified atom stereocenters. The molecule has 1 aromatic heterocycles. The summed E-state index contributed by atoms with van der Waals surface area (Å²) < 4.78 is 71.1. The van der Waals surface area contributed by atoms with Crippen molar-refractivity contribution in [2.75, 3.05) is 5.32 Å². The number of carbonyl (C=O) groups excluding carboxylic acids is 2. The normalized spacial score (nSPS) is 11.2. The van der Waals surface area contributed by atoms with Crippen LogP contribution in [-0.2, 0) is 13.6 Å². The van der Waals surface area contributed by atoms with Gasteiger partial charge in [-0.15, -0.1) is 13.2 Å². The van der Waals surface area contributed by atoms with E-state index in [1.54, 1.807) is 0 Å². The molecule has 0 aliphatic heterocycles. The van der Waals surface area contributed by atoms with E-state index in [4.69, 9.17) is 11.6 Å². The molecule has 0 aliphatic rings. The Labute approximate surface area is 186 Å². The summed E-state index contributed by atoms with van der Waals surface area (Å²) in [7, 11) is 1.42. The van der Waals surface area contributed by atoms with Crippen molar-refractivity contribution in [3.63, 3.8) is 0 Å². The fourth-order valence-corrected chi connectivity index (χ4v) is 2.95. The average molecular weight is 491 g/mol. The van der Waals surface area contributed by atoms with Crippen LogP contribution in [0.3, 0.4) is 0 Å². The van der Waals surface area contributed by atoms with Crippen LogP contribution in [0.15, 0.2) is 30.3 Å². The van der Waals surface area contributed by atoms with Crippen molar-refractivity contribution in [2.45, 2.75) is 12.9 Å². The van der Waals surface area contributed by atoms with E-state index in [9.17, 15) is 31.5 Å². The lowest BCUT2D eigenvalue weighted by atomic mass is 10.1. The minimum atomic E-state index is -5.13. The van der Waals surface area contributed by atoms with E-state index < -0.39 is 58.3 Å². The van der Waals surface area contributed by atoms with Gasteiger partial charge in [-0.2, -0.15) is 0 Å². The first-order valence-corrected chi connectivity index (χ1v) is 9.18. The molecule has 0 spiro atoms. The molecule has 9 nitrogen and oxygen atoms in total. The summed E-state index contributed by atoms with van der Waals surface area (Å²) in [6.07, 6.45) is -5.13. The van der Waals surface area contributed by atoms with Gasteiger partial charge in [0.25, 0.3) is 11.8 Å². The molecular formula is C18H12ClF5N6O3. The molecule has 1 heterocycles. The molecule has 0 saturated heterocycles. The maximum atomic E-state index is 13.8. The molecule has 3 aromatic rings. The molecule has 33 heavy (non-hydrogen) atoms. The van der Waals surface area contributed by atoms with Crippen molar-refractivity contribution in [3.8, 4) is 5.75 Å². The van der Waals surface area contributed by atoms with Crippen LogP contribution in [-0.4, -0.2) is 38.4 Å². The number of nitrogens with one attached hydrogen (secondary N) is 2. The third-order valence-electron chi connectivity index (χ3n) is 4.13. The molecule has 2 amide bonds. The smallest absolute Gasteiger partial charge is 0.405 e. The molecule has 0 bridgehead atoms. The predicted octanol–water partition coefficient (Wildman–Crippen LogP) is 3.22. The van der Waals surface area contributed by atoms with E-state index in [0.29, 0.717) is 0 Å². The first kappa shape index (κ1) is 23.8. The number of hydrogen-bond acceptors (Lipinski definition) is 6. The van der Waals surface area contributed by atoms with Gasteiger partial charge in [-0.05, 0) is 34.7 Å². The second kappa shape index (κ2) is 9.36. The summed E-state index contributed by atoms with van der Waals surface area (Å²) in [5, 5.41) is 14.2. The number of amides is 2. The Balaban J connectivity index is 1.93. The molecule has 2 aromatic carbocycles. The van der Waals surface area contributed by atoms with Crippen molar-refractivity contribution in [1.29, 1.82) is 0 Å². The van der Waals surface area contributed by atoms with Crippen LogP contribution in [0.4, 0.5) is 27.9 Å². The third-order valence-corrected chi connectivity index (χ3v) is 4.56. The van der Waals surface area contributed by atoms with Crippen LogP contribution in [0, 0.1) is 11.6 Å². The Morgan fingerprint density at radius 3 is 2.36 bits per heavy atom. The molecule has 0 saturated carbocycles. The number of carbonyl (C=O) groups is 2. The van der Waals surface area contributed by atoms with E-state index in [1.165, 1.54) is 7.05 Å². The summed E-state index contributed by atoms with van der Waals surface area (Å²) in [6, 6.07) is 4.44.